The van der Waals surface area contributed by atoms with Gasteiger partial charge >= 0.3 is 0 Å². The number of halogens is 1. The van der Waals surface area contributed by atoms with Crippen molar-refractivity contribution in [3.05, 3.63) is 65.7 Å². The molecule has 0 radical (unpaired) electrons. The number of hydrogen-bond donors (Lipinski definition) is 2. The molecule has 1 amide bonds. The van der Waals surface area contributed by atoms with Crippen LogP contribution in [0.2, 0.25) is 0 Å². The number of aliphatic hydroxyl groups is 1. The van der Waals surface area contributed by atoms with Crippen molar-refractivity contribution >= 4 is 5.91 Å². The van der Waals surface area contributed by atoms with E-state index in [1.807, 2.05) is 30.3 Å². The predicted molar refractivity (Wildman–Crippen MR) is 86.2 cm³/mol. The van der Waals surface area contributed by atoms with Gasteiger partial charge in [0.2, 0.25) is 5.91 Å². The highest BCUT2D eigenvalue weighted by molar-refractivity contribution is 5.76. The van der Waals surface area contributed by atoms with Crippen molar-refractivity contribution in [1.29, 1.82) is 0 Å². The number of carbonyl (C=O) groups is 1. The molecule has 0 saturated heterocycles. The van der Waals surface area contributed by atoms with E-state index in [1.165, 1.54) is 6.07 Å². The van der Waals surface area contributed by atoms with Crippen molar-refractivity contribution in [2.75, 3.05) is 6.61 Å². The predicted octanol–water partition coefficient (Wildman–Crippen LogP) is 2.78. The number of amides is 1. The van der Waals surface area contributed by atoms with E-state index < -0.39 is 5.82 Å². The number of aryl methyl sites for hydroxylation is 1. The normalized spacial score (nSPS) is 11.9. The van der Waals surface area contributed by atoms with Crippen LogP contribution in [-0.4, -0.2) is 22.6 Å². The summed E-state index contributed by atoms with van der Waals surface area (Å²) in [6.07, 6.45) is 4.72. The summed E-state index contributed by atoms with van der Waals surface area (Å²) in [6.45, 7) is 0.0914. The average Bonchev–Trinajstić information content (AvgIpc) is 2.57. The largest absolute Gasteiger partial charge is 0.396 e. The van der Waals surface area contributed by atoms with Crippen molar-refractivity contribution in [3.8, 4) is 0 Å². The van der Waals surface area contributed by atoms with Crippen LogP contribution in [0.4, 0.5) is 4.39 Å². The summed E-state index contributed by atoms with van der Waals surface area (Å²) in [6, 6.07) is 10.9. The summed E-state index contributed by atoms with van der Waals surface area (Å²) in [5.41, 5.74) is 1.72. The lowest BCUT2D eigenvalue weighted by molar-refractivity contribution is -0.121. The smallest absolute Gasteiger partial charge is 0.220 e. The molecule has 0 fully saturated rings. The molecule has 1 heterocycles. The van der Waals surface area contributed by atoms with E-state index in [0.29, 0.717) is 24.8 Å². The van der Waals surface area contributed by atoms with Crippen LogP contribution in [0.15, 0.2) is 48.8 Å². The maximum Gasteiger partial charge on any atom is 0.220 e. The molecule has 0 aliphatic rings. The Morgan fingerprint density at radius 2 is 2.04 bits per heavy atom. The number of nitrogens with zero attached hydrogens (tertiary/aromatic N) is 1. The summed E-state index contributed by atoms with van der Waals surface area (Å²) in [5, 5.41) is 12.0. The van der Waals surface area contributed by atoms with E-state index in [1.54, 1.807) is 6.20 Å². The van der Waals surface area contributed by atoms with Crippen molar-refractivity contribution < 1.29 is 14.3 Å². The lowest BCUT2D eigenvalue weighted by Crippen LogP contribution is -2.29. The standard InChI is InChI=1S/C18H21FN2O2/c19-16-11-14(12-20-13-16)8-9-18(23)21-17(7-4-10-22)15-5-2-1-3-6-15/h1-3,5-6,11-13,17,22H,4,7-10H2,(H,21,23). The summed E-state index contributed by atoms with van der Waals surface area (Å²) in [7, 11) is 0. The van der Waals surface area contributed by atoms with Crippen LogP contribution >= 0.6 is 0 Å². The summed E-state index contributed by atoms with van der Waals surface area (Å²) >= 11 is 0. The third-order valence-electron chi connectivity index (χ3n) is 3.59. The first-order chi connectivity index (χ1) is 11.2. The Morgan fingerprint density at radius 1 is 1.26 bits per heavy atom. The number of carbonyl (C=O) groups excluding carboxylic acids is 1. The molecule has 2 aromatic rings. The molecule has 1 unspecified atom stereocenters. The SMILES string of the molecule is O=C(CCc1cncc(F)c1)NC(CCCO)c1ccccc1. The molecule has 1 atom stereocenters. The highest BCUT2D eigenvalue weighted by Gasteiger charge is 2.14. The molecule has 0 spiro atoms. The zero-order valence-corrected chi connectivity index (χ0v) is 12.9. The zero-order chi connectivity index (χ0) is 16.5. The van der Waals surface area contributed by atoms with Gasteiger partial charge in [-0.3, -0.25) is 9.78 Å². The third kappa shape index (κ3) is 5.79. The van der Waals surface area contributed by atoms with Crippen LogP contribution in [0.3, 0.4) is 0 Å². The van der Waals surface area contributed by atoms with Gasteiger partial charge in [0, 0.05) is 19.2 Å². The van der Waals surface area contributed by atoms with Gasteiger partial charge in [-0.05, 0) is 36.5 Å². The van der Waals surface area contributed by atoms with E-state index in [4.69, 9.17) is 5.11 Å². The molecule has 0 saturated carbocycles. The van der Waals surface area contributed by atoms with Crippen LogP contribution in [0.1, 0.15) is 36.4 Å². The fourth-order valence-corrected chi connectivity index (χ4v) is 2.42. The molecule has 1 aromatic carbocycles. The zero-order valence-electron chi connectivity index (χ0n) is 12.9. The van der Waals surface area contributed by atoms with Gasteiger partial charge in [-0.25, -0.2) is 4.39 Å². The van der Waals surface area contributed by atoms with Crippen molar-refractivity contribution in [2.45, 2.75) is 31.7 Å². The molecule has 1 aromatic heterocycles. The number of rotatable bonds is 8. The number of pyridine rings is 1. The van der Waals surface area contributed by atoms with Gasteiger partial charge < -0.3 is 10.4 Å². The highest BCUT2D eigenvalue weighted by atomic mass is 19.1. The fourth-order valence-electron chi connectivity index (χ4n) is 2.42. The second-order valence-corrected chi connectivity index (χ2v) is 5.41. The number of aromatic nitrogens is 1. The maximum absolute atomic E-state index is 13.1. The van der Waals surface area contributed by atoms with Crippen molar-refractivity contribution in [2.24, 2.45) is 0 Å². The number of aliphatic hydroxyl groups excluding tert-OH is 1. The van der Waals surface area contributed by atoms with Crippen LogP contribution in [0.5, 0.6) is 0 Å². The van der Waals surface area contributed by atoms with E-state index in [2.05, 4.69) is 10.3 Å². The molecular formula is C18H21FN2O2. The van der Waals surface area contributed by atoms with E-state index in [0.717, 1.165) is 11.8 Å². The van der Waals surface area contributed by atoms with E-state index in [-0.39, 0.29) is 25.0 Å². The first kappa shape index (κ1) is 17.1. The van der Waals surface area contributed by atoms with Crippen LogP contribution < -0.4 is 5.32 Å². The maximum atomic E-state index is 13.1. The Labute approximate surface area is 135 Å². The molecular weight excluding hydrogens is 295 g/mol. The van der Waals surface area contributed by atoms with Gasteiger partial charge in [0.05, 0.1) is 12.2 Å². The molecule has 23 heavy (non-hydrogen) atoms. The molecule has 122 valence electrons. The summed E-state index contributed by atoms with van der Waals surface area (Å²) in [4.78, 5) is 15.9. The monoisotopic (exact) mass is 316 g/mol. The molecule has 5 heteroatoms. The van der Waals surface area contributed by atoms with Gasteiger partial charge in [0.15, 0.2) is 0 Å². The highest BCUT2D eigenvalue weighted by Crippen LogP contribution is 2.18. The van der Waals surface area contributed by atoms with Crippen LogP contribution in [0.25, 0.3) is 0 Å². The molecule has 2 rings (SSSR count). The van der Waals surface area contributed by atoms with Gasteiger partial charge in [0.1, 0.15) is 5.82 Å². The van der Waals surface area contributed by atoms with Gasteiger partial charge in [0.25, 0.3) is 0 Å². The summed E-state index contributed by atoms with van der Waals surface area (Å²) in [5.74, 6) is -0.492. The second-order valence-electron chi connectivity index (χ2n) is 5.41. The number of benzene rings is 1. The van der Waals surface area contributed by atoms with Crippen LogP contribution in [0, 0.1) is 5.82 Å². The molecule has 0 bridgehead atoms. The Balaban J connectivity index is 1.92. The number of nitrogens with one attached hydrogen (secondary N) is 1. The molecule has 0 aliphatic heterocycles. The van der Waals surface area contributed by atoms with Gasteiger partial charge in [-0.15, -0.1) is 0 Å². The molecule has 2 N–H and O–H groups in total. The first-order valence-corrected chi connectivity index (χ1v) is 7.73. The Bertz CT molecular complexity index is 619. The number of hydrogen-bond acceptors (Lipinski definition) is 3. The second kappa shape index (κ2) is 9.00. The Morgan fingerprint density at radius 3 is 2.74 bits per heavy atom. The van der Waals surface area contributed by atoms with Gasteiger partial charge in [-0.1, -0.05) is 30.3 Å². The Kier molecular flexibility index (Phi) is 6.69. The first-order valence-electron chi connectivity index (χ1n) is 7.73. The summed E-state index contributed by atoms with van der Waals surface area (Å²) < 4.78 is 13.1. The van der Waals surface area contributed by atoms with Crippen molar-refractivity contribution in [1.82, 2.24) is 10.3 Å². The minimum Gasteiger partial charge on any atom is -0.396 e. The van der Waals surface area contributed by atoms with Crippen LogP contribution in [-0.2, 0) is 11.2 Å². The molecule has 4 nitrogen and oxygen atoms in total. The quantitative estimate of drug-likeness (QED) is 0.787. The third-order valence-corrected chi connectivity index (χ3v) is 3.59. The topological polar surface area (TPSA) is 62.2 Å². The van der Waals surface area contributed by atoms with E-state index in [9.17, 15) is 9.18 Å². The average molecular weight is 316 g/mol. The van der Waals surface area contributed by atoms with E-state index >= 15 is 0 Å². The lowest BCUT2D eigenvalue weighted by Gasteiger charge is -2.19. The fraction of sp³-hybridized carbons (Fsp3) is 0.333. The molecule has 0 aliphatic carbocycles. The lowest BCUT2D eigenvalue weighted by atomic mass is 10.0. The van der Waals surface area contributed by atoms with Gasteiger partial charge in [-0.2, -0.15) is 0 Å². The minimum atomic E-state index is -0.395. The van der Waals surface area contributed by atoms with Crippen molar-refractivity contribution in [3.63, 3.8) is 0 Å². The minimum absolute atomic E-state index is 0.0914. The Hall–Kier alpha value is -2.27.